The lowest BCUT2D eigenvalue weighted by Gasteiger charge is -2.39. The lowest BCUT2D eigenvalue weighted by atomic mass is 9.74. The summed E-state index contributed by atoms with van der Waals surface area (Å²) in [5, 5.41) is 28.8. The summed E-state index contributed by atoms with van der Waals surface area (Å²) in [6.45, 7) is 0.314. The van der Waals surface area contributed by atoms with E-state index in [2.05, 4.69) is 12.6 Å². The lowest BCUT2D eigenvalue weighted by Crippen LogP contribution is -2.43. The first-order valence-corrected chi connectivity index (χ1v) is 9.10. The number of carbonyl (C=O) groups excluding carboxylic acids is 1. The monoisotopic (exact) mass is 360 g/mol. The van der Waals surface area contributed by atoms with Crippen LogP contribution in [0.3, 0.4) is 0 Å². The highest BCUT2D eigenvalue weighted by atomic mass is 32.1. The predicted octanol–water partition coefficient (Wildman–Crippen LogP) is 0.943. The molecule has 0 radical (unpaired) electrons. The molecule has 0 aromatic heterocycles. The topological polar surface area (TPSA) is 87.0 Å². The van der Waals surface area contributed by atoms with Crippen LogP contribution in [0.5, 0.6) is 0 Å². The predicted molar refractivity (Wildman–Crippen MR) is 91.1 cm³/mol. The van der Waals surface area contributed by atoms with Gasteiger partial charge in [0.25, 0.3) is 0 Å². The summed E-state index contributed by atoms with van der Waals surface area (Å²) in [6.07, 6.45) is 2.17. The van der Waals surface area contributed by atoms with Gasteiger partial charge < -0.3 is 20.1 Å². The number of thiol groups is 1. The number of hydrogen-bond acceptors (Lipinski definition) is 6. The molecule has 3 aliphatic rings. The van der Waals surface area contributed by atoms with E-state index in [1.807, 2.05) is 0 Å². The Morgan fingerprint density at radius 3 is 2.61 bits per heavy atom. The van der Waals surface area contributed by atoms with E-state index in [-0.39, 0.29) is 36.5 Å². The molecule has 3 saturated carbocycles. The van der Waals surface area contributed by atoms with Gasteiger partial charge in [-0.25, -0.2) is 0 Å². The van der Waals surface area contributed by atoms with E-state index in [0.29, 0.717) is 17.8 Å². The van der Waals surface area contributed by atoms with Crippen molar-refractivity contribution in [3.8, 4) is 0 Å². The van der Waals surface area contributed by atoms with Gasteiger partial charge in [-0.1, -0.05) is 0 Å². The van der Waals surface area contributed by atoms with Crippen LogP contribution in [0.4, 0.5) is 0 Å². The maximum atomic E-state index is 11.0. The highest BCUT2D eigenvalue weighted by Crippen LogP contribution is 2.65. The van der Waals surface area contributed by atoms with E-state index in [1.165, 1.54) is 0 Å². The van der Waals surface area contributed by atoms with Crippen LogP contribution in [0.2, 0.25) is 0 Å². The molecule has 2 bridgehead atoms. The lowest BCUT2D eigenvalue weighted by molar-refractivity contribution is -0.112. The van der Waals surface area contributed by atoms with Gasteiger partial charge in [-0.05, 0) is 61.6 Å². The molecule has 0 saturated heterocycles. The Morgan fingerprint density at radius 1 is 1.26 bits per heavy atom. The van der Waals surface area contributed by atoms with Gasteiger partial charge in [-0.2, -0.15) is 0 Å². The van der Waals surface area contributed by atoms with E-state index in [1.54, 1.807) is 0 Å². The molecule has 7 unspecified atom stereocenters. The summed E-state index contributed by atoms with van der Waals surface area (Å²) in [5.41, 5.74) is -0.454. The quantitative estimate of drug-likeness (QED) is 0.417. The smallest absolute Gasteiger partial charge is 0.189 e. The van der Waals surface area contributed by atoms with Crippen molar-refractivity contribution < 1.29 is 24.9 Å². The number of fused-ring (bicyclic) bond motifs is 5. The van der Waals surface area contributed by atoms with E-state index in [9.17, 15) is 20.1 Å². The number of rotatable bonds is 6. The first-order valence-electron chi connectivity index (χ1n) is 8.24. The zero-order chi connectivity index (χ0) is 16.8. The molecule has 5 nitrogen and oxygen atoms in total. The third kappa shape index (κ3) is 3.06. The molecule has 0 heterocycles. The Labute approximate surface area is 146 Å². The van der Waals surface area contributed by atoms with Gasteiger partial charge >= 0.3 is 0 Å². The van der Waals surface area contributed by atoms with Crippen molar-refractivity contribution >= 4 is 35.0 Å². The Balaban J connectivity index is 1.76. The van der Waals surface area contributed by atoms with E-state index in [0.717, 1.165) is 25.7 Å². The summed E-state index contributed by atoms with van der Waals surface area (Å²) in [5.74, 6) is 1.63. The van der Waals surface area contributed by atoms with Crippen LogP contribution in [0.25, 0.3) is 0 Å². The third-order valence-electron chi connectivity index (χ3n) is 6.17. The van der Waals surface area contributed by atoms with Crippen molar-refractivity contribution in [3.63, 3.8) is 0 Å². The molecule has 23 heavy (non-hydrogen) atoms. The van der Waals surface area contributed by atoms with Crippen molar-refractivity contribution in [1.82, 2.24) is 0 Å². The first kappa shape index (κ1) is 17.6. The second-order valence-corrected chi connectivity index (χ2v) is 8.31. The molecule has 0 aromatic carbocycles. The second-order valence-electron chi connectivity index (χ2n) is 7.40. The molecule has 130 valence electrons. The molecule has 3 N–H and O–H groups in total. The van der Waals surface area contributed by atoms with Gasteiger partial charge in [0.05, 0.1) is 6.42 Å². The molecule has 7 heteroatoms. The number of aliphatic hydroxyl groups excluding tert-OH is 3. The Morgan fingerprint density at radius 2 is 2.00 bits per heavy atom. The normalized spacial score (nSPS) is 42.5. The van der Waals surface area contributed by atoms with Crippen LogP contribution in [0.15, 0.2) is 0 Å². The van der Waals surface area contributed by atoms with Crippen LogP contribution in [-0.2, 0) is 9.53 Å². The zero-order valence-corrected chi connectivity index (χ0v) is 14.6. The molecule has 0 aromatic rings. The maximum Gasteiger partial charge on any atom is 0.189 e. The van der Waals surface area contributed by atoms with Gasteiger partial charge in [0, 0.05) is 19.1 Å². The van der Waals surface area contributed by atoms with Crippen LogP contribution in [-0.4, -0.2) is 50.4 Å². The fourth-order valence-corrected chi connectivity index (χ4v) is 5.75. The van der Waals surface area contributed by atoms with Crippen molar-refractivity contribution in [2.45, 2.75) is 43.8 Å². The first-order chi connectivity index (χ1) is 10.9. The molecule has 0 amide bonds. The van der Waals surface area contributed by atoms with E-state index in [4.69, 9.17) is 17.0 Å². The largest absolute Gasteiger partial charge is 0.478 e. The van der Waals surface area contributed by atoms with E-state index < -0.39 is 16.8 Å². The fraction of sp³-hybridized carbons (Fsp3) is 0.875. The fourth-order valence-electron chi connectivity index (χ4n) is 5.33. The van der Waals surface area contributed by atoms with Crippen molar-refractivity contribution in [2.24, 2.45) is 29.6 Å². The van der Waals surface area contributed by atoms with Crippen LogP contribution >= 0.6 is 24.8 Å². The number of carbonyl (C=O) groups is 1. The van der Waals surface area contributed by atoms with Gasteiger partial charge in [-0.15, -0.1) is 12.6 Å². The van der Waals surface area contributed by atoms with E-state index >= 15 is 0 Å². The van der Waals surface area contributed by atoms with Crippen LogP contribution < -0.4 is 0 Å². The number of aliphatic hydroxyl groups is 3. The molecular weight excluding hydrogens is 336 g/mol. The zero-order valence-electron chi connectivity index (χ0n) is 12.9. The molecule has 3 fully saturated rings. The minimum absolute atomic E-state index is 0.0536. The summed E-state index contributed by atoms with van der Waals surface area (Å²) < 4.78 is 6.09. The average Bonchev–Trinajstić information content (AvgIpc) is 3.14. The van der Waals surface area contributed by atoms with Crippen LogP contribution in [0.1, 0.15) is 32.1 Å². The molecule has 7 atom stereocenters. The standard InChI is InChI=1S/C16H24O5S2/c17-6-8-1-10-11-5-16(12(10)2-8,4-9(11)7-18)21-15(23)13(19)3-14(20)22/h8-13,17-19H,1-7H2,(H,20,22). The number of ether oxygens (including phenoxy) is 1. The van der Waals surface area contributed by atoms with Gasteiger partial charge in [0.1, 0.15) is 11.7 Å². The van der Waals surface area contributed by atoms with Crippen molar-refractivity contribution in [1.29, 1.82) is 0 Å². The molecule has 0 spiro atoms. The van der Waals surface area contributed by atoms with Crippen LogP contribution in [0, 0.1) is 29.6 Å². The van der Waals surface area contributed by atoms with Gasteiger partial charge in [-0.3, -0.25) is 4.79 Å². The second kappa shape index (κ2) is 6.59. The summed E-state index contributed by atoms with van der Waals surface area (Å²) >= 11 is 8.88. The van der Waals surface area contributed by atoms with Crippen molar-refractivity contribution in [2.75, 3.05) is 13.2 Å². The minimum Gasteiger partial charge on any atom is -0.478 e. The number of hydrogen-bond donors (Lipinski definition) is 4. The third-order valence-corrected chi connectivity index (χ3v) is 6.70. The van der Waals surface area contributed by atoms with Gasteiger partial charge in [0.15, 0.2) is 10.2 Å². The minimum atomic E-state index is -1.12. The highest BCUT2D eigenvalue weighted by molar-refractivity contribution is 7.96. The molecule has 3 aliphatic carbocycles. The molecule has 3 rings (SSSR count). The highest BCUT2D eigenvalue weighted by Gasteiger charge is 2.65. The Bertz CT molecular complexity index is 495. The Hall–Kier alpha value is -0.210. The SMILES string of the molecule is O=C(S)CC(O)C(=S)OC12CC(CO)C(C1)C1CC(CO)CC12. The molecular formula is C16H24O5S2. The summed E-state index contributed by atoms with van der Waals surface area (Å²) in [7, 11) is 0. The number of thiocarbonyl (C=S) groups is 1. The maximum absolute atomic E-state index is 11.0. The Kier molecular flexibility index (Phi) is 5.05. The molecule has 0 aliphatic heterocycles. The van der Waals surface area contributed by atoms with Crippen molar-refractivity contribution in [3.05, 3.63) is 0 Å². The summed E-state index contributed by atoms with van der Waals surface area (Å²) in [4.78, 5) is 11.0. The van der Waals surface area contributed by atoms with Gasteiger partial charge in [0.2, 0.25) is 0 Å². The summed E-state index contributed by atoms with van der Waals surface area (Å²) in [6, 6.07) is 0. The average molecular weight is 360 g/mol.